The molecule has 5 heteroatoms. The molecule has 0 fully saturated rings. The largest absolute Gasteiger partial charge is 0.456 e. The number of thiophene rings is 1. The normalized spacial score (nSPS) is 17.1. The van der Waals surface area contributed by atoms with E-state index in [2.05, 4.69) is 18.3 Å². The molecule has 3 rings (SSSR count). The zero-order valence-corrected chi connectivity index (χ0v) is 12.8. The highest BCUT2D eigenvalue weighted by atomic mass is 32.1. The minimum atomic E-state index is -0.300. The van der Waals surface area contributed by atoms with Gasteiger partial charge in [-0.05, 0) is 49.8 Å². The Hall–Kier alpha value is -2.06. The van der Waals surface area contributed by atoms with Crippen molar-refractivity contribution in [1.29, 1.82) is 5.26 Å². The summed E-state index contributed by atoms with van der Waals surface area (Å²) >= 11 is 1.52. The standard InChI is InChI=1S/C16H16N2O2S/c1-9-3-5-11-12(8-17)16(21-14(11)7-9)18-15(19)13-6-4-10(2)20-13/h4,6,9H,3,5,7H2,1-2H3,(H,18,19). The van der Waals surface area contributed by atoms with Gasteiger partial charge in [-0.25, -0.2) is 0 Å². The Labute approximate surface area is 127 Å². The highest BCUT2D eigenvalue weighted by molar-refractivity contribution is 7.16. The van der Waals surface area contributed by atoms with E-state index in [0.29, 0.717) is 22.2 Å². The van der Waals surface area contributed by atoms with E-state index in [1.807, 2.05) is 0 Å². The minimum absolute atomic E-state index is 0.274. The van der Waals surface area contributed by atoms with Crippen LogP contribution in [0.1, 0.15) is 45.7 Å². The Morgan fingerprint density at radius 3 is 3.00 bits per heavy atom. The topological polar surface area (TPSA) is 66.0 Å². The molecule has 4 nitrogen and oxygen atoms in total. The van der Waals surface area contributed by atoms with Crippen LogP contribution in [0, 0.1) is 24.2 Å². The number of rotatable bonds is 2. The first kappa shape index (κ1) is 13.9. The zero-order valence-electron chi connectivity index (χ0n) is 12.0. The number of aryl methyl sites for hydroxylation is 1. The second-order valence-corrected chi connectivity index (χ2v) is 6.64. The van der Waals surface area contributed by atoms with E-state index in [9.17, 15) is 10.1 Å². The first-order valence-corrected chi connectivity index (χ1v) is 7.82. The van der Waals surface area contributed by atoms with Gasteiger partial charge in [0.15, 0.2) is 5.76 Å². The van der Waals surface area contributed by atoms with Crippen LogP contribution in [0.5, 0.6) is 0 Å². The number of carbonyl (C=O) groups excluding carboxylic acids is 1. The molecule has 1 aliphatic rings. The zero-order chi connectivity index (χ0) is 15.0. The minimum Gasteiger partial charge on any atom is -0.456 e. The van der Waals surface area contributed by atoms with Crippen LogP contribution in [-0.4, -0.2) is 5.91 Å². The summed E-state index contributed by atoms with van der Waals surface area (Å²) in [6, 6.07) is 5.64. The lowest BCUT2D eigenvalue weighted by Crippen LogP contribution is -2.11. The van der Waals surface area contributed by atoms with Crippen molar-refractivity contribution in [2.75, 3.05) is 5.32 Å². The molecule has 2 heterocycles. The maximum atomic E-state index is 12.2. The molecule has 0 radical (unpaired) electrons. The van der Waals surface area contributed by atoms with Crippen LogP contribution in [0.2, 0.25) is 0 Å². The Kier molecular flexibility index (Phi) is 3.56. The van der Waals surface area contributed by atoms with Crippen LogP contribution in [0.4, 0.5) is 5.00 Å². The number of fused-ring (bicyclic) bond motifs is 1. The summed E-state index contributed by atoms with van der Waals surface area (Å²) in [5.41, 5.74) is 1.74. The third kappa shape index (κ3) is 2.59. The van der Waals surface area contributed by atoms with E-state index < -0.39 is 0 Å². The highest BCUT2D eigenvalue weighted by Gasteiger charge is 2.25. The predicted molar refractivity (Wildman–Crippen MR) is 81.6 cm³/mol. The van der Waals surface area contributed by atoms with E-state index in [1.54, 1.807) is 19.1 Å². The van der Waals surface area contributed by atoms with Crippen LogP contribution in [0.3, 0.4) is 0 Å². The summed E-state index contributed by atoms with van der Waals surface area (Å²) in [6.07, 6.45) is 3.01. The van der Waals surface area contributed by atoms with Crippen LogP contribution < -0.4 is 5.32 Å². The maximum Gasteiger partial charge on any atom is 0.292 e. The highest BCUT2D eigenvalue weighted by Crippen LogP contribution is 2.39. The summed E-state index contributed by atoms with van der Waals surface area (Å²) in [4.78, 5) is 13.4. The Balaban J connectivity index is 1.89. The monoisotopic (exact) mass is 300 g/mol. The molecule has 0 aromatic carbocycles. The van der Waals surface area contributed by atoms with Gasteiger partial charge in [-0.2, -0.15) is 5.26 Å². The second-order valence-electron chi connectivity index (χ2n) is 5.53. The van der Waals surface area contributed by atoms with Crippen molar-refractivity contribution in [3.63, 3.8) is 0 Å². The lowest BCUT2D eigenvalue weighted by Gasteiger charge is -2.17. The fraction of sp³-hybridized carbons (Fsp3) is 0.375. The van der Waals surface area contributed by atoms with Gasteiger partial charge in [-0.1, -0.05) is 6.92 Å². The molecule has 108 valence electrons. The Morgan fingerprint density at radius 2 is 2.33 bits per heavy atom. The lowest BCUT2D eigenvalue weighted by atomic mass is 9.89. The molecule has 0 saturated carbocycles. The number of nitrogens with one attached hydrogen (secondary N) is 1. The molecule has 1 aliphatic carbocycles. The molecule has 0 aliphatic heterocycles. The van der Waals surface area contributed by atoms with Crippen molar-refractivity contribution in [2.24, 2.45) is 5.92 Å². The van der Waals surface area contributed by atoms with Crippen molar-refractivity contribution >= 4 is 22.2 Å². The summed E-state index contributed by atoms with van der Waals surface area (Å²) < 4.78 is 5.32. The summed E-state index contributed by atoms with van der Waals surface area (Å²) in [6.45, 7) is 4.02. The molecular formula is C16H16N2O2S. The average molecular weight is 300 g/mol. The molecule has 21 heavy (non-hydrogen) atoms. The predicted octanol–water partition coefficient (Wildman–Crippen LogP) is 3.90. The number of hydrogen-bond acceptors (Lipinski definition) is 4. The third-order valence-corrected chi connectivity index (χ3v) is 4.98. The number of anilines is 1. The van der Waals surface area contributed by atoms with Gasteiger partial charge >= 0.3 is 0 Å². The van der Waals surface area contributed by atoms with Crippen molar-refractivity contribution in [3.05, 3.63) is 39.7 Å². The fourth-order valence-electron chi connectivity index (χ4n) is 2.68. The first-order valence-electron chi connectivity index (χ1n) is 7.01. The number of hydrogen-bond donors (Lipinski definition) is 1. The molecule has 0 bridgehead atoms. The molecule has 1 N–H and O–H groups in total. The molecule has 1 unspecified atom stereocenters. The van der Waals surface area contributed by atoms with Gasteiger partial charge in [0.05, 0.1) is 5.56 Å². The molecule has 1 amide bonds. The van der Waals surface area contributed by atoms with Crippen LogP contribution in [-0.2, 0) is 12.8 Å². The van der Waals surface area contributed by atoms with Crippen LogP contribution >= 0.6 is 11.3 Å². The first-order chi connectivity index (χ1) is 10.1. The van der Waals surface area contributed by atoms with Crippen molar-refractivity contribution in [1.82, 2.24) is 0 Å². The van der Waals surface area contributed by atoms with E-state index in [0.717, 1.165) is 24.8 Å². The van der Waals surface area contributed by atoms with E-state index in [4.69, 9.17) is 4.42 Å². The third-order valence-electron chi connectivity index (χ3n) is 3.81. The SMILES string of the molecule is Cc1ccc(C(=O)Nc2sc3c(c2C#N)CCC(C)C3)o1. The number of amides is 1. The fourth-order valence-corrected chi connectivity index (χ4v) is 4.03. The van der Waals surface area contributed by atoms with Crippen molar-refractivity contribution in [2.45, 2.75) is 33.1 Å². The Bertz CT molecular complexity index is 736. The molecular weight excluding hydrogens is 284 g/mol. The summed E-state index contributed by atoms with van der Waals surface area (Å²) in [5.74, 6) is 1.31. The summed E-state index contributed by atoms with van der Waals surface area (Å²) in [7, 11) is 0. The summed E-state index contributed by atoms with van der Waals surface area (Å²) in [5, 5.41) is 12.9. The van der Waals surface area contributed by atoms with Gasteiger partial charge in [0, 0.05) is 4.88 Å². The van der Waals surface area contributed by atoms with Gasteiger partial charge in [0.2, 0.25) is 0 Å². The average Bonchev–Trinajstić information content (AvgIpc) is 3.01. The van der Waals surface area contributed by atoms with Gasteiger partial charge in [-0.3, -0.25) is 4.79 Å². The number of carbonyl (C=O) groups is 1. The van der Waals surface area contributed by atoms with E-state index >= 15 is 0 Å². The second kappa shape index (κ2) is 5.38. The molecule has 2 aromatic heterocycles. The van der Waals surface area contributed by atoms with E-state index in [1.165, 1.54) is 16.2 Å². The lowest BCUT2D eigenvalue weighted by molar-refractivity contribution is 0.0996. The number of furan rings is 1. The quantitative estimate of drug-likeness (QED) is 0.914. The van der Waals surface area contributed by atoms with Gasteiger partial charge in [0.25, 0.3) is 5.91 Å². The van der Waals surface area contributed by atoms with Gasteiger partial charge < -0.3 is 9.73 Å². The molecule has 1 atom stereocenters. The molecule has 0 saturated heterocycles. The van der Waals surface area contributed by atoms with Crippen LogP contribution in [0.25, 0.3) is 0 Å². The molecule has 2 aromatic rings. The van der Waals surface area contributed by atoms with E-state index in [-0.39, 0.29) is 11.7 Å². The number of nitriles is 1. The van der Waals surface area contributed by atoms with Crippen LogP contribution in [0.15, 0.2) is 16.5 Å². The number of nitrogens with zero attached hydrogens (tertiary/aromatic N) is 1. The Morgan fingerprint density at radius 1 is 1.52 bits per heavy atom. The van der Waals surface area contributed by atoms with Gasteiger partial charge in [0.1, 0.15) is 16.8 Å². The van der Waals surface area contributed by atoms with Crippen molar-refractivity contribution < 1.29 is 9.21 Å². The van der Waals surface area contributed by atoms with Crippen molar-refractivity contribution in [3.8, 4) is 6.07 Å². The smallest absolute Gasteiger partial charge is 0.292 e. The molecule has 0 spiro atoms. The maximum absolute atomic E-state index is 12.2. The van der Waals surface area contributed by atoms with Gasteiger partial charge in [-0.15, -0.1) is 11.3 Å².